The number of carbonyl (C=O) groups excluding carboxylic acids is 1. The van der Waals surface area contributed by atoms with Crippen LogP contribution >= 0.6 is 0 Å². The van der Waals surface area contributed by atoms with Crippen molar-refractivity contribution < 1.29 is 9.53 Å². The average molecular weight is 220 g/mol. The molecule has 16 heavy (non-hydrogen) atoms. The zero-order valence-corrected chi connectivity index (χ0v) is 9.32. The molecule has 86 valence electrons. The van der Waals surface area contributed by atoms with Gasteiger partial charge in [-0.3, -0.25) is 4.79 Å². The number of amides is 1. The highest BCUT2D eigenvalue weighted by Crippen LogP contribution is 2.20. The van der Waals surface area contributed by atoms with Crippen molar-refractivity contribution in [1.29, 1.82) is 0 Å². The summed E-state index contributed by atoms with van der Waals surface area (Å²) in [5.74, 6) is 0.178. The van der Waals surface area contributed by atoms with Crippen LogP contribution in [0.25, 0.3) is 0 Å². The summed E-state index contributed by atoms with van der Waals surface area (Å²) in [4.78, 5) is 14.2. The van der Waals surface area contributed by atoms with Crippen LogP contribution in [0.5, 0.6) is 0 Å². The lowest BCUT2D eigenvalue weighted by Gasteiger charge is -2.19. The summed E-state index contributed by atoms with van der Waals surface area (Å²) in [6, 6.07) is 1.94. The maximum Gasteiger partial charge on any atom is 0.255 e. The summed E-state index contributed by atoms with van der Waals surface area (Å²) in [7, 11) is 0. The number of carbonyl (C=O) groups is 1. The van der Waals surface area contributed by atoms with Gasteiger partial charge < -0.3 is 14.2 Å². The highest BCUT2D eigenvalue weighted by molar-refractivity contribution is 5.95. The lowest BCUT2D eigenvalue weighted by molar-refractivity contribution is 0.0739. The lowest BCUT2D eigenvalue weighted by Crippen LogP contribution is -2.29. The average Bonchev–Trinajstić information content (AvgIpc) is 2.98. The van der Waals surface area contributed by atoms with Gasteiger partial charge in [0, 0.05) is 25.8 Å². The van der Waals surface area contributed by atoms with Gasteiger partial charge in [-0.2, -0.15) is 0 Å². The fraction of sp³-hybridized carbons (Fsp3) is 0.583. The van der Waals surface area contributed by atoms with E-state index in [0.717, 1.165) is 50.3 Å². The molecule has 0 atom stereocenters. The SMILES string of the molecule is O=C(c1ccn2c1COCC2)N1CCCC1. The molecule has 1 fully saturated rings. The van der Waals surface area contributed by atoms with E-state index in [1.807, 2.05) is 17.2 Å². The van der Waals surface area contributed by atoms with Crippen molar-refractivity contribution in [2.24, 2.45) is 0 Å². The number of fused-ring (bicyclic) bond motifs is 1. The highest BCUT2D eigenvalue weighted by Gasteiger charge is 2.24. The topological polar surface area (TPSA) is 34.5 Å². The molecule has 4 heteroatoms. The van der Waals surface area contributed by atoms with Gasteiger partial charge in [0.2, 0.25) is 0 Å². The van der Waals surface area contributed by atoms with Crippen LogP contribution in [-0.4, -0.2) is 35.1 Å². The van der Waals surface area contributed by atoms with Crippen molar-refractivity contribution in [2.45, 2.75) is 26.0 Å². The van der Waals surface area contributed by atoms with E-state index in [1.165, 1.54) is 0 Å². The maximum absolute atomic E-state index is 12.2. The molecule has 1 aromatic heterocycles. The maximum atomic E-state index is 12.2. The Morgan fingerprint density at radius 1 is 1.25 bits per heavy atom. The summed E-state index contributed by atoms with van der Waals surface area (Å²) in [5.41, 5.74) is 1.88. The molecule has 1 amide bonds. The van der Waals surface area contributed by atoms with Gasteiger partial charge >= 0.3 is 0 Å². The molecule has 0 aliphatic carbocycles. The second-order valence-electron chi connectivity index (χ2n) is 4.42. The van der Waals surface area contributed by atoms with E-state index >= 15 is 0 Å². The summed E-state index contributed by atoms with van der Waals surface area (Å²) in [5, 5.41) is 0. The van der Waals surface area contributed by atoms with E-state index in [1.54, 1.807) is 0 Å². The first-order valence-electron chi connectivity index (χ1n) is 5.91. The van der Waals surface area contributed by atoms with Crippen molar-refractivity contribution in [1.82, 2.24) is 9.47 Å². The number of likely N-dealkylation sites (tertiary alicyclic amines) is 1. The Hall–Kier alpha value is -1.29. The summed E-state index contributed by atoms with van der Waals surface area (Å²) < 4.78 is 7.55. The molecular weight excluding hydrogens is 204 g/mol. The third-order valence-corrected chi connectivity index (χ3v) is 3.42. The normalized spacial score (nSPS) is 19.9. The van der Waals surface area contributed by atoms with E-state index in [9.17, 15) is 4.79 Å². The van der Waals surface area contributed by atoms with Gasteiger partial charge in [0.1, 0.15) is 0 Å². The van der Waals surface area contributed by atoms with Gasteiger partial charge in [0.25, 0.3) is 5.91 Å². The Morgan fingerprint density at radius 3 is 2.88 bits per heavy atom. The quantitative estimate of drug-likeness (QED) is 0.714. The van der Waals surface area contributed by atoms with Crippen LogP contribution in [0.2, 0.25) is 0 Å². The van der Waals surface area contributed by atoms with Gasteiger partial charge in [-0.25, -0.2) is 0 Å². The van der Waals surface area contributed by atoms with Gasteiger partial charge in [-0.05, 0) is 18.9 Å². The molecular formula is C12H16N2O2. The predicted molar refractivity (Wildman–Crippen MR) is 59.2 cm³/mol. The minimum absolute atomic E-state index is 0.178. The fourth-order valence-corrected chi connectivity index (χ4v) is 2.49. The van der Waals surface area contributed by atoms with E-state index in [-0.39, 0.29) is 5.91 Å². The molecule has 0 spiro atoms. The summed E-state index contributed by atoms with van der Waals surface area (Å²) in [6.45, 7) is 4.00. The molecule has 3 rings (SSSR count). The molecule has 3 heterocycles. The Kier molecular flexibility index (Phi) is 2.44. The summed E-state index contributed by atoms with van der Waals surface area (Å²) in [6.07, 6.45) is 4.28. The molecule has 4 nitrogen and oxygen atoms in total. The van der Waals surface area contributed by atoms with Crippen LogP contribution in [0.1, 0.15) is 28.9 Å². The minimum Gasteiger partial charge on any atom is -0.373 e. The zero-order valence-electron chi connectivity index (χ0n) is 9.32. The van der Waals surface area contributed by atoms with Crippen LogP contribution in [-0.2, 0) is 17.9 Å². The Morgan fingerprint density at radius 2 is 2.06 bits per heavy atom. The number of hydrogen-bond acceptors (Lipinski definition) is 2. The second-order valence-corrected chi connectivity index (χ2v) is 4.42. The first-order valence-corrected chi connectivity index (χ1v) is 5.91. The van der Waals surface area contributed by atoms with Crippen LogP contribution in [0, 0.1) is 0 Å². The predicted octanol–water partition coefficient (Wildman–Crippen LogP) is 1.25. The zero-order chi connectivity index (χ0) is 11.0. The van der Waals surface area contributed by atoms with Gasteiger partial charge in [0.05, 0.1) is 24.5 Å². The molecule has 0 saturated carbocycles. The minimum atomic E-state index is 0.178. The monoisotopic (exact) mass is 220 g/mol. The van der Waals surface area contributed by atoms with Crippen LogP contribution in [0.3, 0.4) is 0 Å². The standard InChI is InChI=1S/C12H16N2O2/c15-12(14-4-1-2-5-14)10-3-6-13-7-8-16-9-11(10)13/h3,6H,1-2,4-5,7-9H2. The number of ether oxygens (including phenoxy) is 1. The molecule has 0 N–H and O–H groups in total. The number of hydrogen-bond donors (Lipinski definition) is 0. The molecule has 1 aromatic rings. The van der Waals surface area contributed by atoms with Crippen molar-refractivity contribution in [2.75, 3.05) is 19.7 Å². The van der Waals surface area contributed by atoms with Gasteiger partial charge in [-0.1, -0.05) is 0 Å². The van der Waals surface area contributed by atoms with Gasteiger partial charge in [-0.15, -0.1) is 0 Å². The van der Waals surface area contributed by atoms with Gasteiger partial charge in [0.15, 0.2) is 0 Å². The van der Waals surface area contributed by atoms with E-state index in [4.69, 9.17) is 4.74 Å². The number of rotatable bonds is 1. The number of aromatic nitrogens is 1. The lowest BCUT2D eigenvalue weighted by atomic mass is 10.2. The first kappa shape index (κ1) is 9.90. The summed E-state index contributed by atoms with van der Waals surface area (Å²) >= 11 is 0. The van der Waals surface area contributed by atoms with Crippen LogP contribution < -0.4 is 0 Å². The fourth-order valence-electron chi connectivity index (χ4n) is 2.49. The third-order valence-electron chi connectivity index (χ3n) is 3.42. The van der Waals surface area contributed by atoms with Crippen molar-refractivity contribution >= 4 is 5.91 Å². The van der Waals surface area contributed by atoms with Crippen LogP contribution in [0.4, 0.5) is 0 Å². The molecule has 0 unspecified atom stereocenters. The first-order chi connectivity index (χ1) is 7.86. The Labute approximate surface area is 94.8 Å². The van der Waals surface area contributed by atoms with E-state index in [0.29, 0.717) is 6.61 Å². The Bertz CT molecular complexity index is 405. The Balaban J connectivity index is 1.88. The third kappa shape index (κ3) is 1.53. The molecule has 0 radical (unpaired) electrons. The van der Waals surface area contributed by atoms with Crippen molar-refractivity contribution in [3.63, 3.8) is 0 Å². The van der Waals surface area contributed by atoms with Crippen molar-refractivity contribution in [3.05, 3.63) is 23.5 Å². The second kappa shape index (κ2) is 3.94. The molecule has 1 saturated heterocycles. The molecule has 0 aromatic carbocycles. The van der Waals surface area contributed by atoms with E-state index in [2.05, 4.69) is 4.57 Å². The smallest absolute Gasteiger partial charge is 0.255 e. The van der Waals surface area contributed by atoms with Crippen LogP contribution in [0.15, 0.2) is 12.3 Å². The van der Waals surface area contributed by atoms with Crippen molar-refractivity contribution in [3.8, 4) is 0 Å². The largest absolute Gasteiger partial charge is 0.373 e. The highest BCUT2D eigenvalue weighted by atomic mass is 16.5. The van der Waals surface area contributed by atoms with E-state index < -0.39 is 0 Å². The molecule has 2 aliphatic heterocycles. The number of nitrogens with zero attached hydrogens (tertiary/aromatic N) is 2. The molecule has 2 aliphatic rings. The molecule has 0 bridgehead atoms.